The van der Waals surface area contributed by atoms with E-state index >= 15 is 0 Å². The molecule has 2 N–H and O–H groups in total. The van der Waals surface area contributed by atoms with Crippen molar-refractivity contribution >= 4 is 28.8 Å². The van der Waals surface area contributed by atoms with Gasteiger partial charge in [0.05, 0.1) is 0 Å². The number of rotatable bonds is 5. The molecule has 0 radical (unpaired) electrons. The van der Waals surface area contributed by atoms with E-state index in [4.69, 9.17) is 0 Å². The predicted octanol–water partition coefficient (Wildman–Crippen LogP) is 4.21. The van der Waals surface area contributed by atoms with Gasteiger partial charge in [0, 0.05) is 30.2 Å². The Kier molecular flexibility index (Phi) is 5.14. The van der Waals surface area contributed by atoms with Crippen LogP contribution in [0.1, 0.15) is 23.3 Å². The Labute approximate surface area is 162 Å². The molecular weight excluding hydrogens is 357 g/mol. The quantitative estimate of drug-likeness (QED) is 0.697. The summed E-state index contributed by atoms with van der Waals surface area (Å²) in [5.74, 6) is -0.324. The summed E-state index contributed by atoms with van der Waals surface area (Å²) in [5, 5.41) is 13.8. The molecule has 4 rings (SSSR count). The largest absolute Gasteiger partial charge is 0.372 e. The number of aromatic nitrogens is 2. The number of amides is 1. The topological polar surface area (TPSA) is 70.2 Å². The van der Waals surface area contributed by atoms with Gasteiger partial charge < -0.3 is 15.5 Å². The zero-order chi connectivity index (χ0) is 19.3. The number of benzene rings is 2. The Morgan fingerprint density at radius 1 is 0.929 bits per heavy atom. The van der Waals surface area contributed by atoms with Gasteiger partial charge in [0.1, 0.15) is 5.82 Å². The molecule has 3 aromatic rings. The van der Waals surface area contributed by atoms with Crippen molar-refractivity contribution in [2.24, 2.45) is 0 Å². The fourth-order valence-corrected chi connectivity index (χ4v) is 3.16. The number of halogens is 1. The van der Waals surface area contributed by atoms with Crippen LogP contribution in [0.2, 0.25) is 0 Å². The summed E-state index contributed by atoms with van der Waals surface area (Å²) >= 11 is 0. The summed E-state index contributed by atoms with van der Waals surface area (Å²) in [4.78, 5) is 14.6. The van der Waals surface area contributed by atoms with Crippen LogP contribution >= 0.6 is 0 Å². The van der Waals surface area contributed by atoms with Crippen LogP contribution in [0.4, 0.5) is 27.3 Å². The number of hydrogen-bond acceptors (Lipinski definition) is 5. The van der Waals surface area contributed by atoms with Crippen LogP contribution in [0.5, 0.6) is 0 Å². The minimum Gasteiger partial charge on any atom is -0.372 e. The zero-order valence-corrected chi connectivity index (χ0v) is 15.2. The summed E-state index contributed by atoms with van der Waals surface area (Å²) < 4.78 is 13.2. The van der Waals surface area contributed by atoms with Gasteiger partial charge in [-0.2, -0.15) is 0 Å². The summed E-state index contributed by atoms with van der Waals surface area (Å²) in [6.45, 7) is 2.22. The third kappa shape index (κ3) is 4.25. The fraction of sp³-hybridized carbons (Fsp3) is 0.190. The lowest BCUT2D eigenvalue weighted by molar-refractivity contribution is 0.102. The Morgan fingerprint density at radius 2 is 1.71 bits per heavy atom. The molecule has 1 aromatic heterocycles. The van der Waals surface area contributed by atoms with E-state index in [1.54, 1.807) is 18.2 Å². The zero-order valence-electron chi connectivity index (χ0n) is 15.2. The smallest absolute Gasteiger partial charge is 0.276 e. The van der Waals surface area contributed by atoms with Crippen molar-refractivity contribution in [2.75, 3.05) is 28.6 Å². The monoisotopic (exact) mass is 377 g/mol. The first-order valence-corrected chi connectivity index (χ1v) is 9.20. The van der Waals surface area contributed by atoms with E-state index in [-0.39, 0.29) is 5.69 Å². The van der Waals surface area contributed by atoms with Crippen LogP contribution < -0.4 is 15.5 Å². The van der Waals surface area contributed by atoms with Gasteiger partial charge in [-0.3, -0.25) is 4.79 Å². The lowest BCUT2D eigenvalue weighted by atomic mass is 10.2. The van der Waals surface area contributed by atoms with E-state index < -0.39 is 11.7 Å². The van der Waals surface area contributed by atoms with Crippen LogP contribution in [0, 0.1) is 5.82 Å². The van der Waals surface area contributed by atoms with Crippen molar-refractivity contribution in [1.29, 1.82) is 0 Å². The highest BCUT2D eigenvalue weighted by molar-refractivity contribution is 6.02. The minimum absolute atomic E-state index is 0.152. The van der Waals surface area contributed by atoms with Crippen molar-refractivity contribution in [3.8, 4) is 0 Å². The fourth-order valence-electron chi connectivity index (χ4n) is 3.16. The average molecular weight is 377 g/mol. The Hall–Kier alpha value is -3.48. The third-order valence-electron chi connectivity index (χ3n) is 4.59. The molecule has 0 bridgehead atoms. The second-order valence-corrected chi connectivity index (χ2v) is 6.63. The van der Waals surface area contributed by atoms with Crippen LogP contribution in [-0.2, 0) is 0 Å². The van der Waals surface area contributed by atoms with Crippen molar-refractivity contribution in [2.45, 2.75) is 12.8 Å². The van der Waals surface area contributed by atoms with E-state index in [0.29, 0.717) is 11.5 Å². The number of carbonyl (C=O) groups excluding carboxylic acids is 1. The SMILES string of the molecule is O=C(Nc1cccc(F)c1)c1ccc(Nc2ccc(N3CCCC3)cc2)nn1. The van der Waals surface area contributed by atoms with E-state index in [2.05, 4.69) is 37.9 Å². The second kappa shape index (κ2) is 8.04. The normalized spacial score (nSPS) is 13.4. The average Bonchev–Trinajstić information content (AvgIpc) is 3.24. The van der Waals surface area contributed by atoms with Crippen molar-refractivity contribution in [1.82, 2.24) is 10.2 Å². The number of anilines is 4. The molecule has 1 aliphatic rings. The Balaban J connectivity index is 1.38. The van der Waals surface area contributed by atoms with Crippen molar-refractivity contribution in [3.05, 3.63) is 72.2 Å². The Morgan fingerprint density at radius 3 is 2.39 bits per heavy atom. The highest BCUT2D eigenvalue weighted by Crippen LogP contribution is 2.23. The maximum atomic E-state index is 13.2. The van der Waals surface area contributed by atoms with Crippen LogP contribution in [0.25, 0.3) is 0 Å². The molecule has 142 valence electrons. The molecule has 0 unspecified atom stereocenters. The molecule has 0 spiro atoms. The van der Waals surface area contributed by atoms with Crippen LogP contribution in [0.15, 0.2) is 60.7 Å². The van der Waals surface area contributed by atoms with Gasteiger partial charge in [0.15, 0.2) is 11.5 Å². The van der Waals surface area contributed by atoms with Gasteiger partial charge in [0.25, 0.3) is 5.91 Å². The predicted molar refractivity (Wildman–Crippen MR) is 108 cm³/mol. The molecule has 0 aliphatic carbocycles. The number of nitrogens with zero attached hydrogens (tertiary/aromatic N) is 3. The molecule has 1 fully saturated rings. The van der Waals surface area contributed by atoms with Gasteiger partial charge in [-0.1, -0.05) is 6.07 Å². The summed E-state index contributed by atoms with van der Waals surface area (Å²) in [6, 6.07) is 17.1. The third-order valence-corrected chi connectivity index (χ3v) is 4.59. The lowest BCUT2D eigenvalue weighted by Crippen LogP contribution is -2.17. The molecule has 2 heterocycles. The van der Waals surface area contributed by atoms with E-state index in [1.165, 1.54) is 36.7 Å². The van der Waals surface area contributed by atoms with Gasteiger partial charge in [-0.15, -0.1) is 10.2 Å². The second-order valence-electron chi connectivity index (χ2n) is 6.63. The van der Waals surface area contributed by atoms with Gasteiger partial charge in [-0.05, 0) is 67.4 Å². The van der Waals surface area contributed by atoms with Gasteiger partial charge in [-0.25, -0.2) is 4.39 Å². The molecular formula is C21H20FN5O. The van der Waals surface area contributed by atoms with Crippen LogP contribution in [-0.4, -0.2) is 29.2 Å². The van der Waals surface area contributed by atoms with Crippen molar-refractivity contribution < 1.29 is 9.18 Å². The molecule has 0 saturated carbocycles. The molecule has 2 aromatic carbocycles. The number of nitrogens with one attached hydrogen (secondary N) is 2. The standard InChI is InChI=1S/C21H20FN5O/c22-15-4-3-5-17(14-15)24-21(28)19-10-11-20(26-25-19)23-16-6-8-18(9-7-16)27-12-1-2-13-27/h3-11,14H,1-2,12-13H2,(H,23,26)(H,24,28). The first kappa shape index (κ1) is 17.9. The first-order chi connectivity index (χ1) is 13.7. The van der Waals surface area contributed by atoms with E-state index in [9.17, 15) is 9.18 Å². The molecule has 6 nitrogen and oxygen atoms in total. The minimum atomic E-state index is -0.445. The first-order valence-electron chi connectivity index (χ1n) is 9.20. The molecule has 7 heteroatoms. The molecule has 0 atom stereocenters. The highest BCUT2D eigenvalue weighted by atomic mass is 19.1. The maximum Gasteiger partial charge on any atom is 0.276 e. The summed E-state index contributed by atoms with van der Waals surface area (Å²) in [5.41, 5.74) is 2.64. The lowest BCUT2D eigenvalue weighted by Gasteiger charge is -2.17. The molecule has 1 amide bonds. The van der Waals surface area contributed by atoms with E-state index in [1.807, 2.05) is 12.1 Å². The summed E-state index contributed by atoms with van der Waals surface area (Å²) in [6.07, 6.45) is 2.49. The van der Waals surface area contributed by atoms with Gasteiger partial charge >= 0.3 is 0 Å². The van der Waals surface area contributed by atoms with Crippen LogP contribution in [0.3, 0.4) is 0 Å². The Bertz CT molecular complexity index is 953. The maximum absolute atomic E-state index is 13.2. The molecule has 28 heavy (non-hydrogen) atoms. The van der Waals surface area contributed by atoms with E-state index in [0.717, 1.165) is 18.8 Å². The van der Waals surface area contributed by atoms with Crippen molar-refractivity contribution in [3.63, 3.8) is 0 Å². The highest BCUT2D eigenvalue weighted by Gasteiger charge is 2.12. The molecule has 1 aliphatic heterocycles. The summed E-state index contributed by atoms with van der Waals surface area (Å²) in [7, 11) is 0. The van der Waals surface area contributed by atoms with Gasteiger partial charge in [0.2, 0.25) is 0 Å². The number of hydrogen-bond donors (Lipinski definition) is 2. The molecule has 1 saturated heterocycles. The number of carbonyl (C=O) groups is 1.